The SMILES string of the molecule is C\C=C(C(=O)Nc1ccc(C(C)C)cc1)/C(Cl)=c1/c(C)nn(C2CCN(Cc3ccccc3)CC2)/c1=C\C. The number of likely N-dealkylation sites (tertiary alicyclic amines) is 1. The lowest BCUT2D eigenvalue weighted by molar-refractivity contribution is -0.112. The van der Waals surface area contributed by atoms with Crippen LogP contribution in [-0.4, -0.2) is 33.7 Å². The molecule has 1 aliphatic rings. The van der Waals surface area contributed by atoms with Crippen molar-refractivity contribution >= 4 is 34.3 Å². The maximum absolute atomic E-state index is 13.3. The molecule has 0 atom stereocenters. The Kier molecular flexibility index (Phi) is 9.24. The van der Waals surface area contributed by atoms with Crippen LogP contribution in [-0.2, 0) is 11.3 Å². The van der Waals surface area contributed by atoms with Crippen molar-refractivity contribution in [3.05, 3.63) is 93.6 Å². The van der Waals surface area contributed by atoms with E-state index >= 15 is 0 Å². The van der Waals surface area contributed by atoms with E-state index in [2.05, 4.69) is 65.2 Å². The van der Waals surface area contributed by atoms with Gasteiger partial charge in [0.25, 0.3) is 5.91 Å². The van der Waals surface area contributed by atoms with Gasteiger partial charge in [-0.2, -0.15) is 5.10 Å². The van der Waals surface area contributed by atoms with Crippen LogP contribution in [0.1, 0.15) is 69.3 Å². The van der Waals surface area contributed by atoms with Crippen molar-refractivity contribution in [3.63, 3.8) is 0 Å². The van der Waals surface area contributed by atoms with Crippen LogP contribution in [0, 0.1) is 6.92 Å². The molecule has 1 N–H and O–H groups in total. The van der Waals surface area contributed by atoms with Crippen molar-refractivity contribution in [2.45, 2.75) is 66.0 Å². The molecule has 4 rings (SSSR count). The van der Waals surface area contributed by atoms with E-state index in [-0.39, 0.29) is 5.91 Å². The van der Waals surface area contributed by atoms with Crippen molar-refractivity contribution in [1.82, 2.24) is 14.7 Å². The van der Waals surface area contributed by atoms with E-state index in [1.165, 1.54) is 11.1 Å². The van der Waals surface area contributed by atoms with Crippen molar-refractivity contribution in [1.29, 1.82) is 0 Å². The standard InChI is InChI=1S/C32H39ClN4O/c1-6-28(32(38)34-26-15-13-25(14-16-26)22(3)4)31(33)30-23(5)35-37(29(30)7-2)27-17-19-36(20-18-27)21-24-11-9-8-10-12-24/h6-16,22,27H,17-21H2,1-5H3,(H,34,38)/b28-6+,29-7-,31-30+. The first-order chi connectivity index (χ1) is 18.3. The fourth-order valence-electron chi connectivity index (χ4n) is 5.20. The second kappa shape index (κ2) is 12.6. The molecule has 2 heterocycles. The van der Waals surface area contributed by atoms with Crippen molar-refractivity contribution in [2.75, 3.05) is 18.4 Å². The molecule has 38 heavy (non-hydrogen) atoms. The Hall–Kier alpha value is -3.15. The Bertz CT molecular complexity index is 1400. The lowest BCUT2D eigenvalue weighted by Gasteiger charge is -2.32. The molecule has 0 saturated carbocycles. The monoisotopic (exact) mass is 530 g/mol. The minimum atomic E-state index is -0.224. The number of rotatable bonds is 7. The molecule has 0 spiro atoms. The number of nitrogens with zero attached hydrogens (tertiary/aromatic N) is 3. The molecule has 0 radical (unpaired) electrons. The summed E-state index contributed by atoms with van der Waals surface area (Å²) in [6, 6.07) is 18.9. The first kappa shape index (κ1) is 27.9. The minimum Gasteiger partial charge on any atom is -0.322 e. The number of aromatic nitrogens is 2. The Morgan fingerprint density at radius 1 is 1.08 bits per heavy atom. The van der Waals surface area contributed by atoms with Crippen molar-refractivity contribution in [2.24, 2.45) is 0 Å². The van der Waals surface area contributed by atoms with Crippen LogP contribution in [0.2, 0.25) is 0 Å². The summed E-state index contributed by atoms with van der Waals surface area (Å²) in [6.45, 7) is 13.1. The number of carbonyl (C=O) groups excluding carboxylic acids is 1. The van der Waals surface area contributed by atoms with E-state index in [9.17, 15) is 4.79 Å². The number of nitrogens with one attached hydrogen (secondary N) is 1. The zero-order valence-electron chi connectivity index (χ0n) is 23.2. The van der Waals surface area contributed by atoms with Crippen LogP contribution in [0.5, 0.6) is 0 Å². The summed E-state index contributed by atoms with van der Waals surface area (Å²) in [5.74, 6) is 0.214. The summed E-state index contributed by atoms with van der Waals surface area (Å²) in [5.41, 5.74) is 4.61. The largest absolute Gasteiger partial charge is 0.322 e. The number of carbonyl (C=O) groups is 1. The molecule has 1 amide bonds. The van der Waals surface area contributed by atoms with Crippen LogP contribution in [0.4, 0.5) is 5.69 Å². The third-order valence-corrected chi connectivity index (χ3v) is 7.76. The first-order valence-electron chi connectivity index (χ1n) is 13.6. The van der Waals surface area contributed by atoms with Gasteiger partial charge in [-0.25, -0.2) is 0 Å². The predicted octanol–water partition coefficient (Wildman–Crippen LogP) is 5.88. The molecule has 6 heteroatoms. The smallest absolute Gasteiger partial charge is 0.256 e. The maximum atomic E-state index is 13.3. The third-order valence-electron chi connectivity index (χ3n) is 7.37. The van der Waals surface area contributed by atoms with Crippen LogP contribution >= 0.6 is 11.6 Å². The second-order valence-corrected chi connectivity index (χ2v) is 10.7. The molecule has 5 nitrogen and oxygen atoms in total. The van der Waals surface area contributed by atoms with Crippen molar-refractivity contribution in [3.8, 4) is 0 Å². The minimum absolute atomic E-state index is 0.224. The van der Waals surface area contributed by atoms with Crippen LogP contribution < -0.4 is 15.9 Å². The zero-order chi connectivity index (χ0) is 27.2. The molecule has 0 unspecified atom stereocenters. The molecule has 1 aliphatic heterocycles. The highest BCUT2D eigenvalue weighted by Crippen LogP contribution is 2.23. The molecule has 3 aromatic rings. The van der Waals surface area contributed by atoms with E-state index in [1.54, 1.807) is 6.08 Å². The van der Waals surface area contributed by atoms with Crippen LogP contribution in [0.15, 0.2) is 66.2 Å². The van der Waals surface area contributed by atoms with Crippen molar-refractivity contribution < 1.29 is 4.79 Å². The topological polar surface area (TPSA) is 50.2 Å². The summed E-state index contributed by atoms with van der Waals surface area (Å²) in [6.07, 6.45) is 5.88. The maximum Gasteiger partial charge on any atom is 0.256 e. The van der Waals surface area contributed by atoms with Gasteiger partial charge in [-0.3, -0.25) is 14.4 Å². The Morgan fingerprint density at radius 3 is 2.32 bits per heavy atom. The number of allylic oxidation sites excluding steroid dienone is 1. The van der Waals surface area contributed by atoms with E-state index in [0.29, 0.717) is 22.6 Å². The van der Waals surface area contributed by atoms with E-state index < -0.39 is 0 Å². The summed E-state index contributed by atoms with van der Waals surface area (Å²) >= 11 is 6.96. The molecular weight excluding hydrogens is 492 g/mol. The molecule has 2 aromatic carbocycles. The van der Waals surface area contributed by atoms with Gasteiger partial charge < -0.3 is 5.32 Å². The molecule has 0 bridgehead atoms. The molecule has 1 aromatic heterocycles. The first-order valence-corrected chi connectivity index (χ1v) is 14.0. The molecule has 1 saturated heterocycles. The highest BCUT2D eigenvalue weighted by atomic mass is 35.5. The summed E-state index contributed by atoms with van der Waals surface area (Å²) in [5, 5.41) is 10.2. The van der Waals surface area contributed by atoms with Gasteiger partial charge in [-0.05, 0) is 62.8 Å². The number of aryl methyl sites for hydroxylation is 1. The summed E-state index contributed by atoms with van der Waals surface area (Å²) in [7, 11) is 0. The van der Waals surface area contributed by atoms with E-state index in [0.717, 1.165) is 54.4 Å². The van der Waals surface area contributed by atoms with Gasteiger partial charge in [0, 0.05) is 30.5 Å². The number of halogens is 1. The average molecular weight is 531 g/mol. The average Bonchev–Trinajstić information content (AvgIpc) is 3.26. The van der Waals surface area contributed by atoms with Gasteiger partial charge in [0.05, 0.1) is 27.7 Å². The number of benzene rings is 2. The fraction of sp³-hybridized carbons (Fsp3) is 0.375. The Morgan fingerprint density at radius 2 is 1.74 bits per heavy atom. The van der Waals surface area contributed by atoms with Gasteiger partial charge in [-0.15, -0.1) is 0 Å². The number of amides is 1. The lowest BCUT2D eigenvalue weighted by atomic mass is 10.0. The highest BCUT2D eigenvalue weighted by molar-refractivity contribution is 6.52. The quantitative estimate of drug-likeness (QED) is 0.388. The van der Waals surface area contributed by atoms with Gasteiger partial charge in [-0.1, -0.05) is 80.1 Å². The van der Waals surface area contributed by atoms with Gasteiger partial charge in [0.1, 0.15) is 0 Å². The Labute approximate surface area is 231 Å². The van der Waals surface area contributed by atoms with Gasteiger partial charge in [0.2, 0.25) is 0 Å². The molecule has 0 aliphatic carbocycles. The third kappa shape index (κ3) is 6.28. The summed E-state index contributed by atoms with van der Waals surface area (Å²) in [4.78, 5) is 15.8. The van der Waals surface area contributed by atoms with Crippen LogP contribution in [0.3, 0.4) is 0 Å². The highest BCUT2D eigenvalue weighted by Gasteiger charge is 2.24. The van der Waals surface area contributed by atoms with E-state index in [1.807, 2.05) is 45.0 Å². The van der Waals surface area contributed by atoms with E-state index in [4.69, 9.17) is 16.7 Å². The lowest BCUT2D eigenvalue weighted by Crippen LogP contribution is -2.39. The Balaban J connectivity index is 1.54. The fourth-order valence-corrected chi connectivity index (χ4v) is 5.63. The molecular formula is C32H39ClN4O. The number of anilines is 1. The number of hydrogen-bond donors (Lipinski definition) is 1. The van der Waals surface area contributed by atoms with Gasteiger partial charge in [0.15, 0.2) is 0 Å². The number of hydrogen-bond acceptors (Lipinski definition) is 3. The predicted molar refractivity (Wildman–Crippen MR) is 159 cm³/mol. The molecule has 1 fully saturated rings. The molecule has 200 valence electrons. The second-order valence-electron chi connectivity index (χ2n) is 10.3. The normalized spacial score (nSPS) is 16.7. The summed E-state index contributed by atoms with van der Waals surface area (Å²) < 4.78 is 2.13. The van der Waals surface area contributed by atoms with Crippen LogP contribution in [0.25, 0.3) is 11.1 Å². The zero-order valence-corrected chi connectivity index (χ0v) is 23.9. The van der Waals surface area contributed by atoms with Gasteiger partial charge >= 0.3 is 0 Å². The number of piperidine rings is 1.